The third-order valence-corrected chi connectivity index (χ3v) is 4.44. The second-order valence-electron chi connectivity index (χ2n) is 6.60. The molecule has 2 aromatic carbocycles. The van der Waals surface area contributed by atoms with Gasteiger partial charge in [-0.25, -0.2) is 0 Å². The quantitative estimate of drug-likeness (QED) is 0.535. The van der Waals surface area contributed by atoms with Gasteiger partial charge in [0.05, 0.1) is 0 Å². The van der Waals surface area contributed by atoms with E-state index in [4.69, 9.17) is 14.3 Å². The van der Waals surface area contributed by atoms with Crippen LogP contribution in [0.5, 0.6) is 5.75 Å². The van der Waals surface area contributed by atoms with E-state index in [2.05, 4.69) is 0 Å². The fourth-order valence-electron chi connectivity index (χ4n) is 2.96. The fourth-order valence-corrected chi connectivity index (χ4v) is 2.96. The minimum atomic E-state index is -4.64. The van der Waals surface area contributed by atoms with Gasteiger partial charge in [0, 0.05) is 17.5 Å². The molecule has 3 rings (SSSR count). The monoisotopic (exact) mass is 404 g/mol. The number of carbonyl (C=O) groups is 1. The van der Waals surface area contributed by atoms with Gasteiger partial charge in [-0.3, -0.25) is 4.79 Å². The number of furan rings is 1. The number of hydrogen-bond acceptors (Lipinski definition) is 3. The van der Waals surface area contributed by atoms with Gasteiger partial charge in [-0.2, -0.15) is 13.2 Å². The molecule has 0 bridgehead atoms. The summed E-state index contributed by atoms with van der Waals surface area (Å²) in [6.07, 6.45) is -4.25. The molecule has 0 aliphatic carbocycles. The molecule has 0 atom stereocenters. The average Bonchev–Trinajstić information content (AvgIpc) is 3.11. The van der Waals surface area contributed by atoms with E-state index in [9.17, 15) is 18.0 Å². The van der Waals surface area contributed by atoms with Gasteiger partial charge in [0.25, 0.3) is 0 Å². The van der Waals surface area contributed by atoms with Gasteiger partial charge in [-0.15, -0.1) is 0 Å². The number of aliphatic carboxylic acids is 1. The zero-order chi connectivity index (χ0) is 21.0. The lowest BCUT2D eigenvalue weighted by Gasteiger charge is -2.11. The first-order valence-electron chi connectivity index (χ1n) is 8.93. The number of carboxylic acid groups (broad SMARTS) is 1. The first-order valence-corrected chi connectivity index (χ1v) is 8.93. The summed E-state index contributed by atoms with van der Waals surface area (Å²) in [7, 11) is 0. The van der Waals surface area contributed by atoms with Gasteiger partial charge in [0.2, 0.25) is 5.76 Å². The number of carboxylic acids is 1. The molecule has 0 amide bonds. The SMILES string of the molecule is Cc1cc(OCc2cc(-c3ccccc3)oc2C(F)(F)F)ccc1CCC(=O)O. The number of rotatable bonds is 7. The van der Waals surface area contributed by atoms with E-state index in [0.29, 0.717) is 17.7 Å². The molecule has 7 heteroatoms. The Kier molecular flexibility index (Phi) is 5.96. The van der Waals surface area contributed by atoms with E-state index in [0.717, 1.165) is 11.1 Å². The molecular weight excluding hydrogens is 385 g/mol. The summed E-state index contributed by atoms with van der Waals surface area (Å²) in [4.78, 5) is 10.7. The van der Waals surface area contributed by atoms with Crippen LogP contribution in [-0.4, -0.2) is 11.1 Å². The molecular formula is C22H19F3O4. The van der Waals surface area contributed by atoms with Gasteiger partial charge >= 0.3 is 12.1 Å². The summed E-state index contributed by atoms with van der Waals surface area (Å²) in [5.74, 6) is -1.45. The van der Waals surface area contributed by atoms with Crippen molar-refractivity contribution in [3.63, 3.8) is 0 Å². The predicted octanol–water partition coefficient (Wildman–Crippen LogP) is 5.87. The van der Waals surface area contributed by atoms with Crippen LogP contribution in [0.3, 0.4) is 0 Å². The molecule has 3 aromatic rings. The van der Waals surface area contributed by atoms with E-state index >= 15 is 0 Å². The normalized spacial score (nSPS) is 11.4. The van der Waals surface area contributed by atoms with Crippen LogP contribution in [0.25, 0.3) is 11.3 Å². The Balaban J connectivity index is 1.78. The van der Waals surface area contributed by atoms with Gasteiger partial charge in [-0.1, -0.05) is 36.4 Å². The largest absolute Gasteiger partial charge is 0.489 e. The third kappa shape index (κ3) is 5.19. The molecule has 29 heavy (non-hydrogen) atoms. The van der Waals surface area contributed by atoms with E-state index in [1.807, 2.05) is 0 Å². The molecule has 1 heterocycles. The minimum absolute atomic E-state index is 0.00721. The topological polar surface area (TPSA) is 59.7 Å². The Morgan fingerprint density at radius 1 is 1.07 bits per heavy atom. The van der Waals surface area contributed by atoms with Crippen molar-refractivity contribution in [2.45, 2.75) is 32.5 Å². The number of ether oxygens (including phenoxy) is 1. The van der Waals surface area contributed by atoms with Crippen molar-refractivity contribution >= 4 is 5.97 Å². The smallest absolute Gasteiger partial charge is 0.449 e. The van der Waals surface area contributed by atoms with Gasteiger partial charge in [0.15, 0.2) is 0 Å². The lowest BCUT2D eigenvalue weighted by Crippen LogP contribution is -2.08. The van der Waals surface area contributed by atoms with Crippen LogP contribution in [-0.2, 0) is 24.0 Å². The first-order chi connectivity index (χ1) is 13.7. The summed E-state index contributed by atoms with van der Waals surface area (Å²) >= 11 is 0. The molecule has 0 fully saturated rings. The summed E-state index contributed by atoms with van der Waals surface area (Å²) in [6, 6.07) is 14.9. The highest BCUT2D eigenvalue weighted by molar-refractivity contribution is 5.67. The Labute approximate surface area is 165 Å². The molecule has 0 aliphatic rings. The zero-order valence-corrected chi connectivity index (χ0v) is 15.6. The second-order valence-corrected chi connectivity index (χ2v) is 6.60. The van der Waals surface area contributed by atoms with Crippen molar-refractivity contribution in [3.05, 3.63) is 77.0 Å². The molecule has 0 saturated heterocycles. The molecule has 0 unspecified atom stereocenters. The standard InChI is InChI=1S/C22H19F3O4/c1-14-11-18(9-7-15(14)8-10-20(26)27)28-13-17-12-19(16-5-3-2-4-6-16)29-21(17)22(23,24)25/h2-7,9,11-12H,8,10,13H2,1H3,(H,26,27). The second kappa shape index (κ2) is 8.43. The Morgan fingerprint density at radius 2 is 1.79 bits per heavy atom. The predicted molar refractivity (Wildman–Crippen MR) is 101 cm³/mol. The van der Waals surface area contributed by atoms with E-state index < -0.39 is 17.9 Å². The lowest BCUT2D eigenvalue weighted by atomic mass is 10.0. The number of alkyl halides is 3. The van der Waals surface area contributed by atoms with Crippen molar-refractivity contribution < 1.29 is 32.2 Å². The Hall–Kier alpha value is -3.22. The molecule has 1 aromatic heterocycles. The summed E-state index contributed by atoms with van der Waals surface area (Å²) in [5.41, 5.74) is 2.12. The molecule has 0 spiro atoms. The molecule has 0 radical (unpaired) electrons. The number of aryl methyl sites for hydroxylation is 2. The third-order valence-electron chi connectivity index (χ3n) is 4.44. The maximum absolute atomic E-state index is 13.4. The van der Waals surface area contributed by atoms with Crippen LogP contribution < -0.4 is 4.74 Å². The summed E-state index contributed by atoms with van der Waals surface area (Å²) in [6.45, 7) is 1.50. The highest BCUT2D eigenvalue weighted by Crippen LogP contribution is 2.37. The van der Waals surface area contributed by atoms with Crippen molar-refractivity contribution in [1.82, 2.24) is 0 Å². The average molecular weight is 404 g/mol. The zero-order valence-electron chi connectivity index (χ0n) is 15.6. The van der Waals surface area contributed by atoms with Crippen LogP contribution in [0.4, 0.5) is 13.2 Å². The molecule has 1 N–H and O–H groups in total. The van der Waals surface area contributed by atoms with Gasteiger partial charge < -0.3 is 14.3 Å². The highest BCUT2D eigenvalue weighted by atomic mass is 19.4. The van der Waals surface area contributed by atoms with Crippen molar-refractivity contribution in [1.29, 1.82) is 0 Å². The lowest BCUT2D eigenvalue weighted by molar-refractivity contribution is -0.153. The van der Waals surface area contributed by atoms with Crippen LogP contribution >= 0.6 is 0 Å². The molecule has 152 valence electrons. The summed E-state index contributed by atoms with van der Waals surface area (Å²) < 4.78 is 50.8. The first kappa shape index (κ1) is 20.5. The number of halogens is 3. The van der Waals surface area contributed by atoms with E-state index in [1.165, 1.54) is 6.07 Å². The van der Waals surface area contributed by atoms with Gasteiger partial charge in [-0.05, 0) is 42.7 Å². The fraction of sp³-hybridized carbons (Fsp3) is 0.227. The van der Waals surface area contributed by atoms with Crippen LogP contribution in [0, 0.1) is 6.92 Å². The molecule has 0 aliphatic heterocycles. The van der Waals surface area contributed by atoms with Crippen molar-refractivity contribution in [2.75, 3.05) is 0 Å². The van der Waals surface area contributed by atoms with Crippen LogP contribution in [0.2, 0.25) is 0 Å². The molecule has 4 nitrogen and oxygen atoms in total. The van der Waals surface area contributed by atoms with Crippen LogP contribution in [0.1, 0.15) is 28.9 Å². The highest BCUT2D eigenvalue weighted by Gasteiger charge is 2.38. The van der Waals surface area contributed by atoms with Crippen molar-refractivity contribution in [3.8, 4) is 17.1 Å². The number of hydrogen-bond donors (Lipinski definition) is 1. The maximum atomic E-state index is 13.4. The molecule has 0 saturated carbocycles. The van der Waals surface area contributed by atoms with E-state index in [1.54, 1.807) is 55.5 Å². The van der Waals surface area contributed by atoms with E-state index in [-0.39, 0.29) is 24.4 Å². The van der Waals surface area contributed by atoms with Gasteiger partial charge in [0.1, 0.15) is 18.1 Å². The van der Waals surface area contributed by atoms with Crippen LogP contribution in [0.15, 0.2) is 59.0 Å². The Morgan fingerprint density at radius 3 is 2.41 bits per heavy atom. The summed E-state index contributed by atoms with van der Waals surface area (Å²) in [5, 5.41) is 8.78. The maximum Gasteiger partial charge on any atom is 0.449 e. The van der Waals surface area contributed by atoms with Crippen molar-refractivity contribution in [2.24, 2.45) is 0 Å². The number of benzene rings is 2. The minimum Gasteiger partial charge on any atom is -0.489 e. The Bertz CT molecular complexity index is 991.